The molecule has 4 nitrogen and oxygen atoms in total. The van der Waals surface area contributed by atoms with E-state index in [0.29, 0.717) is 5.69 Å². The summed E-state index contributed by atoms with van der Waals surface area (Å²) < 4.78 is 1.05. The van der Waals surface area contributed by atoms with Crippen molar-refractivity contribution in [3.8, 4) is 0 Å². The Balaban J connectivity index is 2.33. The van der Waals surface area contributed by atoms with Crippen LogP contribution in [0.15, 0.2) is 28.1 Å². The minimum absolute atomic E-state index is 0.0205. The molecule has 1 aromatic heterocycles. The summed E-state index contributed by atoms with van der Waals surface area (Å²) in [6, 6.07) is 7.47. The van der Waals surface area contributed by atoms with Crippen LogP contribution < -0.4 is 5.32 Å². The molecule has 0 aliphatic carbocycles. The maximum atomic E-state index is 11.2. The Bertz CT molecular complexity index is 655. The Morgan fingerprint density at radius 1 is 1.30 bits per heavy atom. The van der Waals surface area contributed by atoms with E-state index in [4.69, 9.17) is 0 Å². The van der Waals surface area contributed by atoms with Gasteiger partial charge in [0.2, 0.25) is 0 Å². The van der Waals surface area contributed by atoms with E-state index in [2.05, 4.69) is 21.2 Å². The Labute approximate surface area is 130 Å². The second-order valence-electron chi connectivity index (χ2n) is 4.72. The second-order valence-corrected chi connectivity index (χ2v) is 7.21. The first-order valence-electron chi connectivity index (χ1n) is 6.16. The fourth-order valence-corrected chi connectivity index (χ4v) is 3.36. The number of nitrogens with one attached hydrogen (secondary N) is 1. The fraction of sp³-hybridized carbons (Fsp3) is 0.286. The van der Waals surface area contributed by atoms with Crippen LogP contribution in [0.1, 0.15) is 29.0 Å². The summed E-state index contributed by atoms with van der Waals surface area (Å²) in [5, 5.41) is 14.4. The van der Waals surface area contributed by atoms with E-state index in [1.165, 1.54) is 0 Å². The number of benzene rings is 1. The first-order chi connectivity index (χ1) is 9.38. The number of hydrogen-bond donors (Lipinski definition) is 1. The van der Waals surface area contributed by atoms with Gasteiger partial charge in [0.1, 0.15) is 5.69 Å². The maximum absolute atomic E-state index is 11.2. The number of nitro groups is 1. The molecule has 0 saturated heterocycles. The first kappa shape index (κ1) is 15.0. The monoisotopic (exact) mass is 354 g/mol. The third-order valence-corrected chi connectivity index (χ3v) is 5.01. The third kappa shape index (κ3) is 3.19. The van der Waals surface area contributed by atoms with Crippen molar-refractivity contribution in [3.63, 3.8) is 0 Å². The topological polar surface area (TPSA) is 55.2 Å². The molecule has 0 aliphatic heterocycles. The van der Waals surface area contributed by atoms with Gasteiger partial charge in [-0.15, -0.1) is 11.3 Å². The van der Waals surface area contributed by atoms with Crippen LogP contribution in [0, 0.1) is 24.0 Å². The van der Waals surface area contributed by atoms with E-state index in [-0.39, 0.29) is 16.7 Å². The molecule has 0 aliphatic rings. The van der Waals surface area contributed by atoms with Gasteiger partial charge in [-0.1, -0.05) is 0 Å². The van der Waals surface area contributed by atoms with Crippen LogP contribution in [0.3, 0.4) is 0 Å². The molecule has 0 spiro atoms. The van der Waals surface area contributed by atoms with Crippen molar-refractivity contribution in [2.45, 2.75) is 26.8 Å². The van der Waals surface area contributed by atoms with Gasteiger partial charge >= 0.3 is 0 Å². The average molecular weight is 355 g/mol. The number of halogens is 1. The standard InChI is InChI=1S/C14H15BrN2O2S/c1-8-6-11(12(17(18)19)7-9(8)2)16-10(3)13-4-5-14(15)20-13/h4-7,10,16H,1-3H3. The number of thiophene rings is 1. The molecule has 6 heteroatoms. The van der Waals surface area contributed by atoms with Crippen molar-refractivity contribution in [1.29, 1.82) is 0 Å². The molecule has 2 rings (SSSR count). The summed E-state index contributed by atoms with van der Waals surface area (Å²) in [7, 11) is 0. The molecule has 1 atom stereocenters. The fourth-order valence-electron chi connectivity index (χ4n) is 1.93. The van der Waals surface area contributed by atoms with Crippen molar-refractivity contribution in [3.05, 3.63) is 54.2 Å². The van der Waals surface area contributed by atoms with Crippen molar-refractivity contribution in [1.82, 2.24) is 0 Å². The Morgan fingerprint density at radius 2 is 1.95 bits per heavy atom. The van der Waals surface area contributed by atoms with Crippen LogP contribution >= 0.6 is 27.3 Å². The zero-order chi connectivity index (χ0) is 14.9. The average Bonchev–Trinajstić information content (AvgIpc) is 2.80. The van der Waals surface area contributed by atoms with Crippen molar-refractivity contribution in [2.75, 3.05) is 5.32 Å². The Morgan fingerprint density at radius 3 is 2.50 bits per heavy atom. The predicted octanol–water partition coefficient (Wildman–Crippen LogP) is 5.21. The Kier molecular flexibility index (Phi) is 4.45. The summed E-state index contributed by atoms with van der Waals surface area (Å²) in [6.45, 7) is 5.83. The minimum Gasteiger partial charge on any atom is -0.372 e. The summed E-state index contributed by atoms with van der Waals surface area (Å²) >= 11 is 5.05. The van der Waals surface area contributed by atoms with Gasteiger partial charge in [-0.25, -0.2) is 0 Å². The molecule has 0 bridgehead atoms. The van der Waals surface area contributed by atoms with E-state index >= 15 is 0 Å². The summed E-state index contributed by atoms with van der Waals surface area (Å²) in [5.74, 6) is 0. The van der Waals surface area contributed by atoms with Gasteiger partial charge in [0.05, 0.1) is 14.8 Å². The van der Waals surface area contributed by atoms with Gasteiger partial charge in [0.25, 0.3) is 5.69 Å². The normalized spacial score (nSPS) is 12.2. The van der Waals surface area contributed by atoms with Crippen LogP contribution in [-0.4, -0.2) is 4.92 Å². The second kappa shape index (κ2) is 5.93. The molecule has 0 amide bonds. The number of nitrogens with zero attached hydrogens (tertiary/aromatic N) is 1. The van der Waals surface area contributed by atoms with Gasteiger partial charge < -0.3 is 5.32 Å². The van der Waals surface area contributed by atoms with Crippen LogP contribution in [0.25, 0.3) is 0 Å². The van der Waals surface area contributed by atoms with Crippen LogP contribution in [0.4, 0.5) is 11.4 Å². The number of nitro benzene ring substituents is 1. The molecular weight excluding hydrogens is 340 g/mol. The largest absolute Gasteiger partial charge is 0.372 e. The quantitative estimate of drug-likeness (QED) is 0.605. The highest BCUT2D eigenvalue weighted by Crippen LogP contribution is 2.33. The summed E-state index contributed by atoms with van der Waals surface area (Å²) in [4.78, 5) is 12.0. The SMILES string of the molecule is Cc1cc(NC(C)c2ccc(Br)s2)c([N+](=O)[O-])cc1C. The number of hydrogen-bond acceptors (Lipinski definition) is 4. The van der Waals surface area contributed by atoms with Crippen LogP contribution in [-0.2, 0) is 0 Å². The van der Waals surface area contributed by atoms with Crippen LogP contribution in [0.5, 0.6) is 0 Å². The van der Waals surface area contributed by atoms with E-state index in [0.717, 1.165) is 19.8 Å². The minimum atomic E-state index is -0.341. The van der Waals surface area contributed by atoms with Gasteiger partial charge in [0.15, 0.2) is 0 Å². The first-order valence-corrected chi connectivity index (χ1v) is 7.77. The molecule has 0 fully saturated rings. The van der Waals surface area contributed by atoms with Gasteiger partial charge in [-0.05, 0) is 66.0 Å². The molecular formula is C14H15BrN2O2S. The van der Waals surface area contributed by atoms with E-state index in [1.54, 1.807) is 17.4 Å². The van der Waals surface area contributed by atoms with Gasteiger partial charge in [-0.2, -0.15) is 0 Å². The lowest BCUT2D eigenvalue weighted by atomic mass is 10.1. The van der Waals surface area contributed by atoms with Crippen molar-refractivity contribution < 1.29 is 4.92 Å². The van der Waals surface area contributed by atoms with E-state index < -0.39 is 0 Å². The Hall–Kier alpha value is -1.40. The number of rotatable bonds is 4. The number of anilines is 1. The predicted molar refractivity (Wildman–Crippen MR) is 86.6 cm³/mol. The van der Waals surface area contributed by atoms with Crippen LogP contribution in [0.2, 0.25) is 0 Å². The van der Waals surface area contributed by atoms with Gasteiger partial charge in [-0.3, -0.25) is 10.1 Å². The lowest BCUT2D eigenvalue weighted by molar-refractivity contribution is -0.384. The highest BCUT2D eigenvalue weighted by molar-refractivity contribution is 9.11. The highest BCUT2D eigenvalue weighted by atomic mass is 79.9. The third-order valence-electron chi connectivity index (χ3n) is 3.20. The zero-order valence-corrected chi connectivity index (χ0v) is 13.8. The lowest BCUT2D eigenvalue weighted by Crippen LogP contribution is -2.07. The molecule has 0 saturated carbocycles. The molecule has 2 aromatic rings. The van der Waals surface area contributed by atoms with Crippen molar-refractivity contribution >= 4 is 38.6 Å². The molecule has 1 aromatic carbocycles. The van der Waals surface area contributed by atoms with E-state index in [9.17, 15) is 10.1 Å². The molecule has 1 N–H and O–H groups in total. The maximum Gasteiger partial charge on any atom is 0.292 e. The van der Waals surface area contributed by atoms with Gasteiger partial charge in [0, 0.05) is 10.9 Å². The summed E-state index contributed by atoms with van der Waals surface area (Å²) in [6.07, 6.45) is 0. The summed E-state index contributed by atoms with van der Waals surface area (Å²) in [5.41, 5.74) is 2.65. The van der Waals surface area contributed by atoms with Crippen molar-refractivity contribution in [2.24, 2.45) is 0 Å². The molecule has 106 valence electrons. The molecule has 0 radical (unpaired) electrons. The molecule has 1 heterocycles. The number of aryl methyl sites for hydroxylation is 2. The zero-order valence-electron chi connectivity index (χ0n) is 11.4. The molecule has 20 heavy (non-hydrogen) atoms. The lowest BCUT2D eigenvalue weighted by Gasteiger charge is -2.15. The highest BCUT2D eigenvalue weighted by Gasteiger charge is 2.18. The van der Waals surface area contributed by atoms with E-state index in [1.807, 2.05) is 39.0 Å². The smallest absolute Gasteiger partial charge is 0.292 e. The molecule has 1 unspecified atom stereocenters.